The lowest BCUT2D eigenvalue weighted by atomic mass is 10.4. The number of nitrogens with one attached hydrogen (secondary N) is 1. The molecule has 0 spiro atoms. The van der Waals surface area contributed by atoms with Crippen molar-refractivity contribution in [2.24, 2.45) is 0 Å². The van der Waals surface area contributed by atoms with Crippen molar-refractivity contribution >= 4 is 28.8 Å². The maximum Gasteiger partial charge on any atom is 0.262 e. The molecular weight excluding hydrogens is 206 g/mol. The summed E-state index contributed by atoms with van der Waals surface area (Å²) < 4.78 is 0. The van der Waals surface area contributed by atoms with Crippen molar-refractivity contribution < 1.29 is 4.79 Å². The summed E-state index contributed by atoms with van der Waals surface area (Å²) in [6.07, 6.45) is 2.53. The van der Waals surface area contributed by atoms with Crippen molar-refractivity contribution in [2.45, 2.75) is 6.42 Å². The van der Waals surface area contributed by atoms with Crippen LogP contribution < -0.4 is 5.32 Å². The third kappa shape index (κ3) is 2.86. The van der Waals surface area contributed by atoms with Crippen LogP contribution in [-0.4, -0.2) is 12.5 Å². The van der Waals surface area contributed by atoms with Gasteiger partial charge >= 0.3 is 0 Å². The number of carbonyl (C=O) groups excluding carboxylic acids is 1. The van der Waals surface area contributed by atoms with Crippen LogP contribution in [0.1, 0.15) is 16.1 Å². The Labute approximate surface area is 86.2 Å². The molecule has 0 aromatic carbocycles. The van der Waals surface area contributed by atoms with Crippen molar-refractivity contribution in [3.8, 4) is 0 Å². The summed E-state index contributed by atoms with van der Waals surface area (Å²) in [6.45, 7) is 4.17. The van der Waals surface area contributed by atoms with Gasteiger partial charge in [0.15, 0.2) is 0 Å². The van der Waals surface area contributed by atoms with Crippen molar-refractivity contribution in [3.05, 3.63) is 34.0 Å². The number of halogens is 1. The number of amides is 1. The van der Waals surface area contributed by atoms with Gasteiger partial charge in [0.1, 0.15) is 4.88 Å². The Kier molecular flexibility index (Phi) is 3.99. The molecule has 0 bridgehead atoms. The van der Waals surface area contributed by atoms with Crippen LogP contribution in [0.25, 0.3) is 0 Å². The largest absolute Gasteiger partial charge is 0.351 e. The number of hydrogen-bond donors (Lipinski definition) is 1. The summed E-state index contributed by atoms with van der Waals surface area (Å²) in [6, 6.07) is 1.72. The fraction of sp³-hybridized carbons (Fsp3) is 0.222. The number of rotatable bonds is 4. The first kappa shape index (κ1) is 10.3. The summed E-state index contributed by atoms with van der Waals surface area (Å²) in [7, 11) is 0. The molecule has 1 aromatic rings. The van der Waals surface area contributed by atoms with Gasteiger partial charge in [0, 0.05) is 6.54 Å². The Morgan fingerprint density at radius 2 is 2.54 bits per heavy atom. The van der Waals surface area contributed by atoms with E-state index in [1.807, 2.05) is 0 Å². The van der Waals surface area contributed by atoms with Crippen molar-refractivity contribution in [1.29, 1.82) is 0 Å². The van der Waals surface area contributed by atoms with E-state index >= 15 is 0 Å². The predicted molar refractivity (Wildman–Crippen MR) is 56.5 cm³/mol. The predicted octanol–water partition coefficient (Wildman–Crippen LogP) is 2.71. The molecule has 1 amide bonds. The Bertz CT molecular complexity index is 308. The first-order chi connectivity index (χ1) is 6.25. The molecule has 0 saturated heterocycles. The molecule has 0 saturated carbocycles. The van der Waals surface area contributed by atoms with Crippen molar-refractivity contribution in [3.63, 3.8) is 0 Å². The Morgan fingerprint density at radius 3 is 3.08 bits per heavy atom. The van der Waals surface area contributed by atoms with Crippen LogP contribution in [0.3, 0.4) is 0 Å². The molecule has 1 N–H and O–H groups in total. The molecule has 1 aromatic heterocycles. The summed E-state index contributed by atoms with van der Waals surface area (Å²) in [5, 5.41) is 5.05. The summed E-state index contributed by atoms with van der Waals surface area (Å²) in [4.78, 5) is 12.0. The maximum absolute atomic E-state index is 11.4. The van der Waals surface area contributed by atoms with Gasteiger partial charge in [0.05, 0.1) is 5.02 Å². The number of thiophene rings is 1. The van der Waals surface area contributed by atoms with Gasteiger partial charge in [-0.2, -0.15) is 0 Å². The first-order valence-corrected chi connectivity index (χ1v) is 5.13. The molecule has 13 heavy (non-hydrogen) atoms. The van der Waals surface area contributed by atoms with Gasteiger partial charge in [-0.15, -0.1) is 17.9 Å². The Balaban J connectivity index is 2.49. The standard InChI is InChI=1S/C9H10ClNOS/c1-2-3-5-11-9(12)8-7(10)4-6-13-8/h2,4,6H,1,3,5H2,(H,11,12). The lowest BCUT2D eigenvalue weighted by Crippen LogP contribution is -2.23. The zero-order valence-corrected chi connectivity index (χ0v) is 8.62. The van der Waals surface area contributed by atoms with E-state index < -0.39 is 0 Å². The monoisotopic (exact) mass is 215 g/mol. The summed E-state index contributed by atoms with van der Waals surface area (Å²) in [5.74, 6) is -0.109. The van der Waals surface area contributed by atoms with E-state index in [2.05, 4.69) is 11.9 Å². The lowest BCUT2D eigenvalue weighted by molar-refractivity contribution is 0.0958. The Morgan fingerprint density at radius 1 is 1.77 bits per heavy atom. The molecular formula is C9H10ClNOS. The normalized spacial score (nSPS) is 9.62. The van der Waals surface area contributed by atoms with E-state index in [9.17, 15) is 4.79 Å². The molecule has 0 aliphatic rings. The quantitative estimate of drug-likeness (QED) is 0.607. The minimum Gasteiger partial charge on any atom is -0.351 e. The average molecular weight is 216 g/mol. The van der Waals surface area contributed by atoms with Gasteiger partial charge in [-0.05, 0) is 17.9 Å². The van der Waals surface area contributed by atoms with Crippen LogP contribution in [-0.2, 0) is 0 Å². The second kappa shape index (κ2) is 5.04. The molecule has 2 nitrogen and oxygen atoms in total. The molecule has 1 heterocycles. The van der Waals surface area contributed by atoms with Crippen LogP contribution in [0, 0.1) is 0 Å². The molecule has 0 atom stereocenters. The summed E-state index contributed by atoms with van der Waals surface area (Å²) >= 11 is 7.12. The molecule has 0 unspecified atom stereocenters. The van der Waals surface area contributed by atoms with Crippen LogP contribution in [0.5, 0.6) is 0 Å². The van der Waals surface area contributed by atoms with Crippen molar-refractivity contribution in [2.75, 3.05) is 6.54 Å². The van der Waals surface area contributed by atoms with Gasteiger partial charge in [0.25, 0.3) is 5.91 Å². The minimum absolute atomic E-state index is 0.109. The highest BCUT2D eigenvalue weighted by Crippen LogP contribution is 2.21. The second-order valence-electron chi connectivity index (χ2n) is 2.43. The molecule has 0 aliphatic carbocycles. The van der Waals surface area contributed by atoms with Crippen LogP contribution >= 0.6 is 22.9 Å². The maximum atomic E-state index is 11.4. The van der Waals surface area contributed by atoms with Crippen LogP contribution in [0.4, 0.5) is 0 Å². The van der Waals surface area contributed by atoms with Gasteiger partial charge in [-0.3, -0.25) is 4.79 Å². The number of carbonyl (C=O) groups is 1. The van der Waals surface area contributed by atoms with E-state index in [4.69, 9.17) is 11.6 Å². The van der Waals surface area contributed by atoms with Gasteiger partial charge in [-0.1, -0.05) is 17.7 Å². The topological polar surface area (TPSA) is 29.1 Å². The van der Waals surface area contributed by atoms with Crippen LogP contribution in [0.2, 0.25) is 5.02 Å². The molecule has 0 aliphatic heterocycles. The van der Waals surface area contributed by atoms with E-state index in [1.54, 1.807) is 17.5 Å². The van der Waals surface area contributed by atoms with Crippen LogP contribution in [0.15, 0.2) is 24.1 Å². The van der Waals surface area contributed by atoms with Gasteiger partial charge in [-0.25, -0.2) is 0 Å². The third-order valence-corrected chi connectivity index (χ3v) is 2.80. The lowest BCUT2D eigenvalue weighted by Gasteiger charge is -2.00. The zero-order valence-electron chi connectivity index (χ0n) is 7.05. The highest BCUT2D eigenvalue weighted by atomic mass is 35.5. The molecule has 4 heteroatoms. The fourth-order valence-corrected chi connectivity index (χ4v) is 1.88. The molecule has 1 rings (SSSR count). The van der Waals surface area contributed by atoms with Crippen molar-refractivity contribution in [1.82, 2.24) is 5.32 Å². The zero-order chi connectivity index (χ0) is 9.68. The van der Waals surface area contributed by atoms with Gasteiger partial charge in [0.2, 0.25) is 0 Å². The summed E-state index contributed by atoms with van der Waals surface area (Å²) in [5.41, 5.74) is 0. The molecule has 70 valence electrons. The SMILES string of the molecule is C=CCCNC(=O)c1sccc1Cl. The van der Waals surface area contributed by atoms with Gasteiger partial charge < -0.3 is 5.32 Å². The number of hydrogen-bond acceptors (Lipinski definition) is 2. The average Bonchev–Trinajstić information content (AvgIpc) is 2.52. The highest BCUT2D eigenvalue weighted by molar-refractivity contribution is 7.12. The van der Waals surface area contributed by atoms with E-state index in [1.165, 1.54) is 11.3 Å². The molecule has 0 radical (unpaired) electrons. The highest BCUT2D eigenvalue weighted by Gasteiger charge is 2.09. The van der Waals surface area contributed by atoms with E-state index in [-0.39, 0.29) is 5.91 Å². The smallest absolute Gasteiger partial charge is 0.262 e. The first-order valence-electron chi connectivity index (χ1n) is 3.87. The minimum atomic E-state index is -0.109. The Hall–Kier alpha value is -0.800. The fourth-order valence-electron chi connectivity index (χ4n) is 0.824. The van der Waals surface area contributed by atoms with E-state index in [0.717, 1.165) is 6.42 Å². The molecule has 0 fully saturated rings. The third-order valence-electron chi connectivity index (χ3n) is 1.46. The van der Waals surface area contributed by atoms with E-state index in [0.29, 0.717) is 16.4 Å². The second-order valence-corrected chi connectivity index (χ2v) is 3.75.